The van der Waals surface area contributed by atoms with E-state index in [9.17, 15) is 0 Å². The van der Waals surface area contributed by atoms with Gasteiger partial charge in [0.15, 0.2) is 0 Å². The molecule has 1 N–H and O–H groups in total. The highest BCUT2D eigenvalue weighted by Gasteiger charge is 2.20. The summed E-state index contributed by atoms with van der Waals surface area (Å²) < 4.78 is 14.6. The van der Waals surface area contributed by atoms with E-state index in [4.69, 9.17) is 9.47 Å². The van der Waals surface area contributed by atoms with Crippen molar-refractivity contribution in [3.8, 4) is 11.5 Å². The van der Waals surface area contributed by atoms with Crippen molar-refractivity contribution in [1.29, 1.82) is 0 Å². The number of aromatic nitrogens is 2. The van der Waals surface area contributed by atoms with Crippen LogP contribution in [0, 0.1) is 0 Å². The largest absolute Gasteiger partial charge is 0.497 e. The van der Waals surface area contributed by atoms with Crippen molar-refractivity contribution < 1.29 is 9.47 Å². The van der Waals surface area contributed by atoms with Gasteiger partial charge in [-0.25, -0.2) is 0 Å². The Hall–Kier alpha value is -1.66. The SMILES string of the molecule is CCNC(c1csnn1)c1cc(OC)ccc1OC. The summed E-state index contributed by atoms with van der Waals surface area (Å²) in [6.07, 6.45) is 0. The third kappa shape index (κ3) is 3.02. The molecule has 1 aromatic carbocycles. The number of rotatable bonds is 6. The van der Waals surface area contributed by atoms with Crippen LogP contribution in [0.15, 0.2) is 23.6 Å². The van der Waals surface area contributed by atoms with E-state index in [0.717, 1.165) is 29.3 Å². The number of benzene rings is 1. The lowest BCUT2D eigenvalue weighted by Gasteiger charge is -2.19. The van der Waals surface area contributed by atoms with E-state index in [1.54, 1.807) is 14.2 Å². The summed E-state index contributed by atoms with van der Waals surface area (Å²) in [5.74, 6) is 1.60. The zero-order valence-corrected chi connectivity index (χ0v) is 12.0. The van der Waals surface area contributed by atoms with Gasteiger partial charge in [-0.2, -0.15) is 0 Å². The van der Waals surface area contributed by atoms with Crippen molar-refractivity contribution >= 4 is 11.5 Å². The lowest BCUT2D eigenvalue weighted by Crippen LogP contribution is -2.23. The van der Waals surface area contributed by atoms with Gasteiger partial charge in [0.2, 0.25) is 0 Å². The third-order valence-electron chi connectivity index (χ3n) is 2.83. The second-order valence-electron chi connectivity index (χ2n) is 3.93. The molecule has 1 heterocycles. The topological polar surface area (TPSA) is 56.3 Å². The molecule has 0 aliphatic carbocycles. The first-order valence-corrected chi connectivity index (χ1v) is 6.86. The lowest BCUT2D eigenvalue weighted by molar-refractivity contribution is 0.393. The predicted octanol–water partition coefficient (Wildman–Crippen LogP) is 2.25. The summed E-state index contributed by atoms with van der Waals surface area (Å²) in [7, 11) is 3.31. The van der Waals surface area contributed by atoms with Crippen LogP contribution in [0.3, 0.4) is 0 Å². The fraction of sp³-hybridized carbons (Fsp3) is 0.385. The summed E-state index contributed by atoms with van der Waals surface area (Å²) >= 11 is 1.34. The number of ether oxygens (including phenoxy) is 2. The number of nitrogens with zero attached hydrogens (tertiary/aromatic N) is 2. The normalized spacial score (nSPS) is 12.2. The molecule has 0 saturated heterocycles. The lowest BCUT2D eigenvalue weighted by atomic mass is 10.0. The molecule has 0 amide bonds. The molecule has 6 heteroatoms. The highest BCUT2D eigenvalue weighted by molar-refractivity contribution is 7.03. The fourth-order valence-electron chi connectivity index (χ4n) is 1.94. The molecule has 5 nitrogen and oxygen atoms in total. The van der Waals surface area contributed by atoms with Crippen molar-refractivity contribution in [3.63, 3.8) is 0 Å². The Kier molecular flexibility index (Phi) is 4.70. The second-order valence-corrected chi connectivity index (χ2v) is 4.54. The fourth-order valence-corrected chi connectivity index (χ4v) is 2.42. The van der Waals surface area contributed by atoms with Crippen LogP contribution in [-0.2, 0) is 0 Å². The van der Waals surface area contributed by atoms with Crippen LogP contribution >= 0.6 is 11.5 Å². The van der Waals surface area contributed by atoms with E-state index in [2.05, 4.69) is 21.8 Å². The predicted molar refractivity (Wildman–Crippen MR) is 75.0 cm³/mol. The Bertz CT molecular complexity index is 517. The van der Waals surface area contributed by atoms with E-state index < -0.39 is 0 Å². The van der Waals surface area contributed by atoms with Gasteiger partial charge >= 0.3 is 0 Å². The van der Waals surface area contributed by atoms with Gasteiger partial charge in [0.1, 0.15) is 11.5 Å². The average molecular weight is 279 g/mol. The van der Waals surface area contributed by atoms with Gasteiger partial charge in [-0.15, -0.1) is 5.10 Å². The smallest absolute Gasteiger partial charge is 0.124 e. The molecule has 2 rings (SSSR count). The van der Waals surface area contributed by atoms with Crippen molar-refractivity contribution in [1.82, 2.24) is 14.9 Å². The Morgan fingerprint density at radius 2 is 2.16 bits per heavy atom. The molecule has 0 bridgehead atoms. The first-order valence-electron chi connectivity index (χ1n) is 6.02. The van der Waals surface area contributed by atoms with Gasteiger partial charge in [-0.3, -0.25) is 0 Å². The molecule has 0 aliphatic heterocycles. The van der Waals surface area contributed by atoms with Crippen molar-refractivity contribution in [2.75, 3.05) is 20.8 Å². The molecule has 1 unspecified atom stereocenters. The van der Waals surface area contributed by atoms with Crippen LogP contribution in [0.4, 0.5) is 0 Å². The highest BCUT2D eigenvalue weighted by atomic mass is 32.1. The van der Waals surface area contributed by atoms with Gasteiger partial charge in [0.25, 0.3) is 0 Å². The zero-order valence-electron chi connectivity index (χ0n) is 11.2. The molecule has 0 saturated carbocycles. The number of hydrogen-bond acceptors (Lipinski definition) is 6. The number of hydrogen-bond donors (Lipinski definition) is 1. The van der Waals surface area contributed by atoms with Crippen LogP contribution < -0.4 is 14.8 Å². The maximum Gasteiger partial charge on any atom is 0.124 e. The van der Waals surface area contributed by atoms with Gasteiger partial charge in [-0.1, -0.05) is 11.4 Å². The van der Waals surface area contributed by atoms with Crippen LogP contribution in [0.5, 0.6) is 11.5 Å². The number of methoxy groups -OCH3 is 2. The summed E-state index contributed by atoms with van der Waals surface area (Å²) in [6.45, 7) is 2.88. The standard InChI is InChI=1S/C13H17N3O2S/c1-4-14-13(11-8-19-16-15-11)10-7-9(17-2)5-6-12(10)18-3/h5-8,13-14H,4H2,1-3H3. The van der Waals surface area contributed by atoms with Crippen molar-refractivity contribution in [2.24, 2.45) is 0 Å². The van der Waals surface area contributed by atoms with Gasteiger partial charge in [-0.05, 0) is 36.3 Å². The minimum atomic E-state index is -0.0474. The molecule has 1 atom stereocenters. The third-order valence-corrected chi connectivity index (χ3v) is 3.35. The molecular formula is C13H17N3O2S. The molecule has 0 spiro atoms. The maximum atomic E-state index is 5.43. The molecule has 2 aromatic rings. The second kappa shape index (κ2) is 6.49. The summed E-state index contributed by atoms with van der Waals surface area (Å²) in [5.41, 5.74) is 1.88. The Balaban J connectivity index is 2.45. The number of nitrogens with one attached hydrogen (secondary N) is 1. The zero-order chi connectivity index (χ0) is 13.7. The first kappa shape index (κ1) is 13.8. The minimum Gasteiger partial charge on any atom is -0.497 e. The van der Waals surface area contributed by atoms with Crippen LogP contribution in [-0.4, -0.2) is 30.4 Å². The summed E-state index contributed by atoms with van der Waals surface area (Å²) in [4.78, 5) is 0. The molecule has 102 valence electrons. The molecule has 0 aliphatic rings. The van der Waals surface area contributed by atoms with Gasteiger partial charge < -0.3 is 14.8 Å². The van der Waals surface area contributed by atoms with E-state index >= 15 is 0 Å². The van der Waals surface area contributed by atoms with Crippen molar-refractivity contribution in [3.05, 3.63) is 34.8 Å². The Morgan fingerprint density at radius 1 is 1.32 bits per heavy atom. The molecular weight excluding hydrogens is 262 g/mol. The van der Waals surface area contributed by atoms with Crippen LogP contribution in [0.1, 0.15) is 24.2 Å². The molecule has 19 heavy (non-hydrogen) atoms. The first-order chi connectivity index (χ1) is 9.30. The van der Waals surface area contributed by atoms with E-state index in [-0.39, 0.29) is 6.04 Å². The summed E-state index contributed by atoms with van der Waals surface area (Å²) in [6, 6.07) is 5.70. The summed E-state index contributed by atoms with van der Waals surface area (Å²) in [5, 5.41) is 9.48. The average Bonchev–Trinajstić information content (AvgIpc) is 2.98. The molecule has 0 radical (unpaired) electrons. The maximum absolute atomic E-state index is 5.43. The Morgan fingerprint density at radius 3 is 2.74 bits per heavy atom. The van der Waals surface area contributed by atoms with E-state index in [1.165, 1.54) is 11.5 Å². The Labute approximate surface area is 116 Å². The van der Waals surface area contributed by atoms with Crippen LogP contribution in [0.25, 0.3) is 0 Å². The van der Waals surface area contributed by atoms with Gasteiger partial charge in [0, 0.05) is 10.9 Å². The quantitative estimate of drug-likeness (QED) is 0.879. The van der Waals surface area contributed by atoms with Crippen LogP contribution in [0.2, 0.25) is 0 Å². The monoisotopic (exact) mass is 279 g/mol. The molecule has 0 fully saturated rings. The molecule has 1 aromatic heterocycles. The minimum absolute atomic E-state index is 0.0474. The van der Waals surface area contributed by atoms with Crippen molar-refractivity contribution in [2.45, 2.75) is 13.0 Å². The van der Waals surface area contributed by atoms with E-state index in [0.29, 0.717) is 0 Å². The van der Waals surface area contributed by atoms with Gasteiger partial charge in [0.05, 0.1) is 26.0 Å². The highest BCUT2D eigenvalue weighted by Crippen LogP contribution is 2.32. The van der Waals surface area contributed by atoms with E-state index in [1.807, 2.05) is 23.6 Å².